The fraction of sp³-hybridized carbons (Fsp3) is 1.00. The van der Waals surface area contributed by atoms with E-state index >= 15 is 0 Å². The average Bonchev–Trinajstić information content (AvgIpc) is 2.42. The van der Waals surface area contributed by atoms with E-state index in [9.17, 15) is 0 Å². The molecule has 2 aliphatic heterocycles. The van der Waals surface area contributed by atoms with Crippen LogP contribution < -0.4 is 10.6 Å². The Morgan fingerprint density at radius 2 is 2.00 bits per heavy atom. The first kappa shape index (κ1) is 15.2. The van der Waals surface area contributed by atoms with Gasteiger partial charge in [-0.3, -0.25) is 4.90 Å². The number of piperazine rings is 1. The van der Waals surface area contributed by atoms with E-state index in [1.54, 1.807) is 0 Å². The lowest BCUT2D eigenvalue weighted by Crippen LogP contribution is -2.47. The summed E-state index contributed by atoms with van der Waals surface area (Å²) in [5.41, 5.74) is 0. The Kier molecular flexibility index (Phi) is 6.57. The van der Waals surface area contributed by atoms with Crippen molar-refractivity contribution in [1.29, 1.82) is 0 Å². The summed E-state index contributed by atoms with van der Waals surface area (Å²) >= 11 is 0. The zero-order chi connectivity index (χ0) is 13.5. The van der Waals surface area contributed by atoms with Crippen molar-refractivity contribution >= 4 is 0 Å². The quantitative estimate of drug-likeness (QED) is 0.744. The molecule has 2 aliphatic rings. The Hall–Kier alpha value is -0.160. The van der Waals surface area contributed by atoms with Crippen molar-refractivity contribution in [3.8, 4) is 0 Å². The van der Waals surface area contributed by atoms with Crippen molar-refractivity contribution in [2.24, 2.45) is 0 Å². The maximum Gasteiger partial charge on any atom is 0.0110 e. The summed E-state index contributed by atoms with van der Waals surface area (Å²) in [6, 6.07) is 1.39. The van der Waals surface area contributed by atoms with Crippen molar-refractivity contribution in [2.45, 2.75) is 44.7 Å². The predicted molar refractivity (Wildman–Crippen MR) is 81.7 cm³/mol. The molecule has 0 aliphatic carbocycles. The first-order valence-electron chi connectivity index (χ1n) is 8.11. The molecular weight excluding hydrogens is 236 g/mol. The highest BCUT2D eigenvalue weighted by Gasteiger charge is 2.16. The summed E-state index contributed by atoms with van der Waals surface area (Å²) < 4.78 is 0. The van der Waals surface area contributed by atoms with Gasteiger partial charge in [-0.2, -0.15) is 0 Å². The van der Waals surface area contributed by atoms with Gasteiger partial charge in [0, 0.05) is 51.4 Å². The fourth-order valence-electron chi connectivity index (χ4n) is 3.18. The monoisotopic (exact) mass is 268 g/mol. The maximum absolute atomic E-state index is 3.69. The third-order valence-electron chi connectivity index (χ3n) is 4.57. The highest BCUT2D eigenvalue weighted by molar-refractivity contribution is 4.77. The highest BCUT2D eigenvalue weighted by atomic mass is 15.2. The van der Waals surface area contributed by atoms with E-state index in [4.69, 9.17) is 0 Å². The van der Waals surface area contributed by atoms with Crippen molar-refractivity contribution in [1.82, 2.24) is 20.4 Å². The molecule has 2 atom stereocenters. The molecule has 4 heteroatoms. The number of hydrogen-bond donors (Lipinski definition) is 2. The minimum atomic E-state index is 0.642. The Labute approximate surface area is 118 Å². The summed E-state index contributed by atoms with van der Waals surface area (Å²) in [6.07, 6.45) is 5.42. The summed E-state index contributed by atoms with van der Waals surface area (Å²) in [5, 5.41) is 7.33. The van der Waals surface area contributed by atoms with Crippen LogP contribution in [-0.4, -0.2) is 74.7 Å². The van der Waals surface area contributed by atoms with E-state index in [2.05, 4.69) is 34.4 Å². The number of nitrogens with zero attached hydrogens (tertiary/aromatic N) is 2. The normalized spacial score (nSPS) is 28.4. The first-order valence-corrected chi connectivity index (χ1v) is 8.11. The van der Waals surface area contributed by atoms with E-state index in [-0.39, 0.29) is 0 Å². The van der Waals surface area contributed by atoms with Gasteiger partial charge in [0.1, 0.15) is 0 Å². The van der Waals surface area contributed by atoms with Gasteiger partial charge in [0.05, 0.1) is 0 Å². The summed E-state index contributed by atoms with van der Waals surface area (Å²) in [4.78, 5) is 5.00. The van der Waals surface area contributed by atoms with E-state index < -0.39 is 0 Å². The molecule has 2 unspecified atom stereocenters. The molecule has 4 nitrogen and oxygen atoms in total. The predicted octanol–water partition coefficient (Wildman–Crippen LogP) is 0.744. The lowest BCUT2D eigenvalue weighted by atomic mass is 9.99. The molecule has 0 aromatic rings. The van der Waals surface area contributed by atoms with E-state index in [1.807, 2.05) is 0 Å². The second-order valence-corrected chi connectivity index (χ2v) is 6.38. The van der Waals surface area contributed by atoms with Gasteiger partial charge >= 0.3 is 0 Å². The summed E-state index contributed by atoms with van der Waals surface area (Å²) in [6.45, 7) is 10.8. The van der Waals surface area contributed by atoms with Gasteiger partial charge in [-0.15, -0.1) is 0 Å². The molecule has 0 spiro atoms. The molecule has 0 bridgehead atoms. The van der Waals surface area contributed by atoms with Gasteiger partial charge in [-0.05, 0) is 39.8 Å². The number of hydrogen-bond acceptors (Lipinski definition) is 4. The van der Waals surface area contributed by atoms with Gasteiger partial charge in [-0.25, -0.2) is 0 Å². The Morgan fingerprint density at radius 3 is 2.68 bits per heavy atom. The number of nitrogens with one attached hydrogen (secondary N) is 2. The Morgan fingerprint density at radius 1 is 1.21 bits per heavy atom. The lowest BCUT2D eigenvalue weighted by Gasteiger charge is -2.33. The lowest BCUT2D eigenvalue weighted by molar-refractivity contribution is 0.153. The fourth-order valence-corrected chi connectivity index (χ4v) is 3.18. The standard InChI is InChI=1S/C15H32N4/c1-14(13-15-5-3-4-6-17-15)16-7-8-19-11-9-18(2)10-12-19/h14-17H,3-13H2,1-2H3. The van der Waals surface area contributed by atoms with E-state index in [1.165, 1.54) is 65.0 Å². The molecule has 0 aromatic heterocycles. The third-order valence-corrected chi connectivity index (χ3v) is 4.57. The van der Waals surface area contributed by atoms with Crippen LogP contribution in [0.2, 0.25) is 0 Å². The van der Waals surface area contributed by atoms with Crippen LogP contribution in [0.15, 0.2) is 0 Å². The van der Waals surface area contributed by atoms with Crippen LogP contribution in [0, 0.1) is 0 Å². The smallest absolute Gasteiger partial charge is 0.0110 e. The molecule has 19 heavy (non-hydrogen) atoms. The molecule has 2 N–H and O–H groups in total. The first-order chi connectivity index (χ1) is 9.24. The zero-order valence-corrected chi connectivity index (χ0v) is 12.8. The average molecular weight is 268 g/mol. The van der Waals surface area contributed by atoms with E-state index in [0.29, 0.717) is 6.04 Å². The second-order valence-electron chi connectivity index (χ2n) is 6.38. The molecule has 2 saturated heterocycles. The molecule has 112 valence electrons. The van der Waals surface area contributed by atoms with Gasteiger partial charge in [0.2, 0.25) is 0 Å². The number of rotatable bonds is 6. The minimum Gasteiger partial charge on any atom is -0.314 e. The minimum absolute atomic E-state index is 0.642. The van der Waals surface area contributed by atoms with Crippen LogP contribution in [0.5, 0.6) is 0 Å². The van der Waals surface area contributed by atoms with Gasteiger partial charge < -0.3 is 15.5 Å². The Balaban J connectivity index is 1.52. The zero-order valence-electron chi connectivity index (χ0n) is 12.8. The molecule has 0 amide bonds. The summed E-state index contributed by atoms with van der Waals surface area (Å²) in [7, 11) is 2.22. The largest absolute Gasteiger partial charge is 0.314 e. The van der Waals surface area contributed by atoms with Crippen molar-refractivity contribution in [3.05, 3.63) is 0 Å². The molecular formula is C15H32N4. The van der Waals surface area contributed by atoms with Crippen LogP contribution in [0.3, 0.4) is 0 Å². The van der Waals surface area contributed by atoms with Gasteiger partial charge in [0.15, 0.2) is 0 Å². The molecule has 0 aromatic carbocycles. The van der Waals surface area contributed by atoms with Crippen LogP contribution >= 0.6 is 0 Å². The third kappa shape index (κ3) is 5.78. The molecule has 2 heterocycles. The maximum atomic E-state index is 3.69. The van der Waals surface area contributed by atoms with Crippen LogP contribution in [0.1, 0.15) is 32.6 Å². The molecule has 0 radical (unpaired) electrons. The van der Waals surface area contributed by atoms with Gasteiger partial charge in [-0.1, -0.05) is 6.42 Å². The second kappa shape index (κ2) is 8.20. The number of likely N-dealkylation sites (N-methyl/N-ethyl adjacent to an activating group) is 1. The molecule has 2 rings (SSSR count). The topological polar surface area (TPSA) is 30.5 Å². The highest BCUT2D eigenvalue weighted by Crippen LogP contribution is 2.11. The van der Waals surface area contributed by atoms with Crippen molar-refractivity contribution in [3.63, 3.8) is 0 Å². The van der Waals surface area contributed by atoms with Gasteiger partial charge in [0.25, 0.3) is 0 Å². The molecule has 0 saturated carbocycles. The summed E-state index contributed by atoms with van der Waals surface area (Å²) in [5.74, 6) is 0. The van der Waals surface area contributed by atoms with Crippen molar-refractivity contribution < 1.29 is 0 Å². The van der Waals surface area contributed by atoms with Crippen molar-refractivity contribution in [2.75, 3.05) is 52.9 Å². The molecule has 2 fully saturated rings. The van der Waals surface area contributed by atoms with Crippen LogP contribution in [-0.2, 0) is 0 Å². The SMILES string of the molecule is CC(CC1CCCCN1)NCCN1CCN(C)CC1. The van der Waals surface area contributed by atoms with Crippen LogP contribution in [0.25, 0.3) is 0 Å². The Bertz CT molecular complexity index is 232. The van der Waals surface area contributed by atoms with E-state index in [0.717, 1.165) is 12.6 Å². The van der Waals surface area contributed by atoms with Crippen LogP contribution in [0.4, 0.5) is 0 Å². The number of piperidine rings is 1.